The number of nitrogens with one attached hydrogen (secondary N) is 2. The minimum Gasteiger partial charge on any atom is -0.341 e. The van der Waals surface area contributed by atoms with E-state index in [2.05, 4.69) is 48.7 Å². The van der Waals surface area contributed by atoms with Crippen LogP contribution in [0.1, 0.15) is 18.4 Å². The zero-order chi connectivity index (χ0) is 24.3. The zero-order valence-corrected chi connectivity index (χ0v) is 19.7. The second-order valence-electron chi connectivity index (χ2n) is 8.86. The van der Waals surface area contributed by atoms with Gasteiger partial charge in [-0.1, -0.05) is 42.5 Å². The van der Waals surface area contributed by atoms with E-state index in [1.165, 1.54) is 0 Å². The van der Waals surface area contributed by atoms with Gasteiger partial charge in [0.2, 0.25) is 11.9 Å². The van der Waals surface area contributed by atoms with Gasteiger partial charge in [-0.15, -0.1) is 0 Å². The first kappa shape index (κ1) is 21.9. The van der Waals surface area contributed by atoms with Gasteiger partial charge in [0, 0.05) is 36.9 Å². The van der Waals surface area contributed by atoms with Crippen LogP contribution in [0.25, 0.3) is 21.9 Å². The van der Waals surface area contributed by atoms with Crippen LogP contribution in [-0.2, 0) is 11.2 Å². The van der Waals surface area contributed by atoms with Gasteiger partial charge in [-0.05, 0) is 53.4 Å². The van der Waals surface area contributed by atoms with Gasteiger partial charge >= 0.3 is 0 Å². The molecule has 1 aliphatic rings. The Morgan fingerprint density at radius 3 is 2.44 bits per heavy atom. The molecule has 2 aromatic heterocycles. The number of amides is 1. The Hall–Kier alpha value is -4.59. The highest BCUT2D eigenvalue weighted by molar-refractivity contribution is 5.96. The van der Waals surface area contributed by atoms with Crippen LogP contribution in [0.5, 0.6) is 0 Å². The summed E-state index contributed by atoms with van der Waals surface area (Å²) in [6, 6.07) is 21.7. The molecule has 0 bridgehead atoms. The van der Waals surface area contributed by atoms with Gasteiger partial charge < -0.3 is 15.5 Å². The number of rotatable bonds is 6. The predicted octanol–water partition coefficient (Wildman–Crippen LogP) is 5.10. The number of carbonyl (C=O) groups excluding carboxylic acids is 1. The first-order valence-corrected chi connectivity index (χ1v) is 12.1. The number of carbonyl (C=O) groups is 1. The molecule has 2 N–H and O–H groups in total. The summed E-state index contributed by atoms with van der Waals surface area (Å²) in [6.45, 7) is 1.89. The van der Waals surface area contributed by atoms with Crippen LogP contribution in [0, 0.1) is 0 Å². The number of benzene rings is 3. The van der Waals surface area contributed by atoms with Gasteiger partial charge in [0.05, 0.1) is 6.42 Å². The molecule has 178 valence electrons. The van der Waals surface area contributed by atoms with Gasteiger partial charge in [0.15, 0.2) is 17.0 Å². The molecule has 1 saturated heterocycles. The second kappa shape index (κ2) is 9.58. The summed E-state index contributed by atoms with van der Waals surface area (Å²) in [6.07, 6.45) is 5.87. The van der Waals surface area contributed by atoms with Crippen molar-refractivity contribution < 1.29 is 4.79 Å². The van der Waals surface area contributed by atoms with Crippen molar-refractivity contribution in [3.63, 3.8) is 0 Å². The summed E-state index contributed by atoms with van der Waals surface area (Å²) in [5, 5.41) is 8.59. The third kappa shape index (κ3) is 4.53. The van der Waals surface area contributed by atoms with Crippen LogP contribution in [0.15, 0.2) is 79.1 Å². The Morgan fingerprint density at radius 1 is 0.833 bits per heavy atom. The maximum Gasteiger partial charge on any atom is 0.229 e. The Morgan fingerprint density at radius 2 is 1.58 bits per heavy atom. The largest absolute Gasteiger partial charge is 0.341 e. The summed E-state index contributed by atoms with van der Waals surface area (Å²) >= 11 is 0. The average Bonchev–Trinajstić information content (AvgIpc) is 3.45. The van der Waals surface area contributed by atoms with Crippen molar-refractivity contribution in [2.75, 3.05) is 28.6 Å². The quantitative estimate of drug-likeness (QED) is 0.353. The van der Waals surface area contributed by atoms with E-state index >= 15 is 0 Å². The summed E-state index contributed by atoms with van der Waals surface area (Å²) < 4.78 is 0. The van der Waals surface area contributed by atoms with Crippen LogP contribution in [0.2, 0.25) is 0 Å². The van der Waals surface area contributed by atoms with Gasteiger partial charge in [-0.25, -0.2) is 9.97 Å². The van der Waals surface area contributed by atoms with Gasteiger partial charge in [0.25, 0.3) is 0 Å². The third-order valence-corrected chi connectivity index (χ3v) is 6.37. The number of hydrogen-bond acceptors (Lipinski definition) is 7. The molecule has 8 nitrogen and oxygen atoms in total. The van der Waals surface area contributed by atoms with Gasteiger partial charge in [-0.3, -0.25) is 4.79 Å². The van der Waals surface area contributed by atoms with E-state index in [4.69, 9.17) is 4.98 Å². The fourth-order valence-corrected chi connectivity index (χ4v) is 4.60. The molecule has 0 radical (unpaired) electrons. The molecule has 0 spiro atoms. The molecule has 0 unspecified atom stereocenters. The Kier molecular flexibility index (Phi) is 5.83. The summed E-state index contributed by atoms with van der Waals surface area (Å²) in [7, 11) is 0. The van der Waals surface area contributed by atoms with Crippen LogP contribution in [0.4, 0.5) is 23.1 Å². The van der Waals surface area contributed by atoms with E-state index in [1.54, 1.807) is 12.4 Å². The van der Waals surface area contributed by atoms with Crippen molar-refractivity contribution in [1.82, 2.24) is 19.9 Å². The minimum atomic E-state index is -0.0561. The van der Waals surface area contributed by atoms with E-state index in [-0.39, 0.29) is 5.91 Å². The minimum absolute atomic E-state index is 0.0561. The Balaban J connectivity index is 1.18. The molecular formula is C28H25N7O. The Labute approximate surface area is 208 Å². The molecule has 1 amide bonds. The fraction of sp³-hybridized carbons (Fsp3) is 0.179. The van der Waals surface area contributed by atoms with Gasteiger partial charge in [0.1, 0.15) is 0 Å². The Bertz CT molecular complexity index is 1540. The molecule has 5 aromatic rings. The predicted molar refractivity (Wildman–Crippen MR) is 143 cm³/mol. The molecule has 6 rings (SSSR count). The maximum atomic E-state index is 12.7. The van der Waals surface area contributed by atoms with Crippen LogP contribution in [0.3, 0.4) is 0 Å². The van der Waals surface area contributed by atoms with Crippen molar-refractivity contribution in [1.29, 1.82) is 0 Å². The number of fused-ring (bicyclic) bond motifs is 2. The molecule has 0 saturated carbocycles. The smallest absolute Gasteiger partial charge is 0.229 e. The molecule has 36 heavy (non-hydrogen) atoms. The first-order chi connectivity index (χ1) is 17.7. The van der Waals surface area contributed by atoms with Crippen molar-refractivity contribution >= 4 is 51.0 Å². The van der Waals surface area contributed by atoms with Crippen molar-refractivity contribution in [3.05, 3.63) is 84.7 Å². The molecule has 3 heterocycles. The van der Waals surface area contributed by atoms with Crippen molar-refractivity contribution in [2.24, 2.45) is 0 Å². The lowest BCUT2D eigenvalue weighted by Gasteiger charge is -2.17. The van der Waals surface area contributed by atoms with Gasteiger partial charge in [-0.2, -0.15) is 9.97 Å². The fourth-order valence-electron chi connectivity index (χ4n) is 4.60. The molecule has 0 aliphatic carbocycles. The number of nitrogens with zero attached hydrogens (tertiary/aromatic N) is 5. The zero-order valence-electron chi connectivity index (χ0n) is 19.7. The normalized spacial score (nSPS) is 13.3. The summed E-state index contributed by atoms with van der Waals surface area (Å²) in [4.78, 5) is 33.1. The lowest BCUT2D eigenvalue weighted by atomic mass is 10.0. The summed E-state index contributed by atoms with van der Waals surface area (Å²) in [5.41, 5.74) is 3.76. The lowest BCUT2D eigenvalue weighted by molar-refractivity contribution is -0.115. The van der Waals surface area contributed by atoms with Crippen LogP contribution >= 0.6 is 0 Å². The third-order valence-electron chi connectivity index (χ3n) is 6.37. The molecule has 1 fully saturated rings. The van der Waals surface area contributed by atoms with Crippen molar-refractivity contribution in [3.8, 4) is 0 Å². The molecule has 1 aliphatic heterocycles. The van der Waals surface area contributed by atoms with Crippen LogP contribution < -0.4 is 15.5 Å². The monoisotopic (exact) mass is 475 g/mol. The molecular weight excluding hydrogens is 450 g/mol. The lowest BCUT2D eigenvalue weighted by Crippen LogP contribution is -2.21. The number of anilines is 4. The molecule has 8 heteroatoms. The molecule has 3 aromatic carbocycles. The second-order valence-corrected chi connectivity index (χ2v) is 8.86. The maximum absolute atomic E-state index is 12.7. The van der Waals surface area contributed by atoms with E-state index in [1.807, 2.05) is 48.5 Å². The topological polar surface area (TPSA) is 95.9 Å². The van der Waals surface area contributed by atoms with E-state index in [0.29, 0.717) is 29.4 Å². The highest BCUT2D eigenvalue weighted by Crippen LogP contribution is 2.26. The highest BCUT2D eigenvalue weighted by Gasteiger charge is 2.18. The van der Waals surface area contributed by atoms with Crippen molar-refractivity contribution in [2.45, 2.75) is 19.3 Å². The first-order valence-electron chi connectivity index (χ1n) is 12.1. The van der Waals surface area contributed by atoms with E-state index in [9.17, 15) is 4.79 Å². The summed E-state index contributed by atoms with van der Waals surface area (Å²) in [5.74, 6) is 1.22. The number of hydrogen-bond donors (Lipinski definition) is 2. The van der Waals surface area contributed by atoms with Crippen LogP contribution in [-0.4, -0.2) is 38.9 Å². The average molecular weight is 476 g/mol. The number of aromatic nitrogens is 4. The van der Waals surface area contributed by atoms with E-state index in [0.717, 1.165) is 53.6 Å². The SMILES string of the molecule is O=C(Cc1cccc2ccccc12)Nc1ccc(Nc2nc(N3CCCC3)nc3nccnc23)cc1. The van der Waals surface area contributed by atoms with E-state index < -0.39 is 0 Å². The molecule has 0 atom stereocenters. The standard InChI is InChI=1S/C28H25N7O/c36-24(18-20-8-5-7-19-6-1-2-9-23(19)20)31-21-10-12-22(13-11-21)32-27-25-26(30-15-14-29-25)33-28(34-27)35-16-3-4-17-35/h1-2,5-15H,3-4,16-18H2,(H,31,36)(H,30,32,33,34). The highest BCUT2D eigenvalue weighted by atomic mass is 16.1.